The number of hydrogen-bond acceptors (Lipinski definition) is 2. The third-order valence-electron chi connectivity index (χ3n) is 3.10. The van der Waals surface area contributed by atoms with Crippen molar-refractivity contribution >= 4 is 0 Å². The first-order chi connectivity index (χ1) is 7.66. The predicted molar refractivity (Wildman–Crippen MR) is 68.8 cm³/mol. The average molecular weight is 221 g/mol. The molecular formula is C14H23NO. The minimum absolute atomic E-state index is 0.408. The van der Waals surface area contributed by atoms with E-state index in [1.54, 1.807) is 6.07 Å². The SMILES string of the molecule is CCCCCNCc1c(O)ccc(C)c1C. The minimum atomic E-state index is 0.408. The van der Waals surface area contributed by atoms with Crippen molar-refractivity contribution in [1.29, 1.82) is 0 Å². The van der Waals surface area contributed by atoms with Gasteiger partial charge in [0.1, 0.15) is 5.75 Å². The summed E-state index contributed by atoms with van der Waals surface area (Å²) in [6.45, 7) is 8.15. The van der Waals surface area contributed by atoms with Gasteiger partial charge in [-0.15, -0.1) is 0 Å². The van der Waals surface area contributed by atoms with E-state index in [9.17, 15) is 5.11 Å². The van der Waals surface area contributed by atoms with E-state index in [-0.39, 0.29) is 0 Å². The van der Waals surface area contributed by atoms with E-state index < -0.39 is 0 Å². The molecule has 2 N–H and O–H groups in total. The molecule has 2 nitrogen and oxygen atoms in total. The lowest BCUT2D eigenvalue weighted by Gasteiger charge is -2.11. The Labute approximate surface area is 98.7 Å². The van der Waals surface area contributed by atoms with Crippen molar-refractivity contribution < 1.29 is 5.11 Å². The van der Waals surface area contributed by atoms with Gasteiger partial charge in [-0.25, -0.2) is 0 Å². The number of benzene rings is 1. The van der Waals surface area contributed by atoms with Crippen molar-refractivity contribution in [2.45, 2.75) is 46.6 Å². The Morgan fingerprint density at radius 3 is 2.62 bits per heavy atom. The molecule has 0 radical (unpaired) electrons. The molecule has 0 saturated carbocycles. The molecule has 0 aliphatic carbocycles. The normalized spacial score (nSPS) is 10.7. The highest BCUT2D eigenvalue weighted by Gasteiger charge is 2.06. The first-order valence-corrected chi connectivity index (χ1v) is 6.15. The Kier molecular flexibility index (Phi) is 5.33. The van der Waals surface area contributed by atoms with E-state index in [1.807, 2.05) is 6.07 Å². The quantitative estimate of drug-likeness (QED) is 0.722. The van der Waals surface area contributed by atoms with Crippen LogP contribution in [0.2, 0.25) is 0 Å². The number of nitrogens with one attached hydrogen (secondary N) is 1. The fourth-order valence-electron chi connectivity index (χ4n) is 1.80. The molecular weight excluding hydrogens is 198 g/mol. The number of aryl methyl sites for hydroxylation is 1. The number of unbranched alkanes of at least 4 members (excludes halogenated alkanes) is 2. The third kappa shape index (κ3) is 3.53. The van der Waals surface area contributed by atoms with Crippen molar-refractivity contribution in [3.8, 4) is 5.75 Å². The van der Waals surface area contributed by atoms with Gasteiger partial charge < -0.3 is 10.4 Å². The Morgan fingerprint density at radius 2 is 1.94 bits per heavy atom. The van der Waals surface area contributed by atoms with Crippen LogP contribution in [0.5, 0.6) is 5.75 Å². The van der Waals surface area contributed by atoms with Gasteiger partial charge >= 0.3 is 0 Å². The number of phenols is 1. The molecule has 1 aromatic carbocycles. The molecule has 0 saturated heterocycles. The predicted octanol–water partition coefficient (Wildman–Crippen LogP) is 3.29. The Morgan fingerprint density at radius 1 is 1.19 bits per heavy atom. The summed E-state index contributed by atoms with van der Waals surface area (Å²) in [7, 11) is 0. The van der Waals surface area contributed by atoms with Gasteiger partial charge in [-0.2, -0.15) is 0 Å². The van der Waals surface area contributed by atoms with Gasteiger partial charge in [-0.05, 0) is 44.0 Å². The number of rotatable bonds is 6. The summed E-state index contributed by atoms with van der Waals surface area (Å²) in [5, 5.41) is 13.2. The molecule has 0 unspecified atom stereocenters. The molecule has 0 aromatic heterocycles. The van der Waals surface area contributed by atoms with Gasteiger partial charge in [0, 0.05) is 12.1 Å². The lowest BCUT2D eigenvalue weighted by atomic mass is 10.0. The molecule has 0 atom stereocenters. The van der Waals surface area contributed by atoms with Crippen LogP contribution in [0.1, 0.15) is 42.9 Å². The number of hydrogen-bond donors (Lipinski definition) is 2. The fourth-order valence-corrected chi connectivity index (χ4v) is 1.80. The van der Waals surface area contributed by atoms with Crippen molar-refractivity contribution in [3.63, 3.8) is 0 Å². The zero-order valence-electron chi connectivity index (χ0n) is 10.6. The van der Waals surface area contributed by atoms with Crippen LogP contribution in [-0.2, 0) is 6.54 Å². The topological polar surface area (TPSA) is 32.3 Å². The molecule has 0 amide bonds. The molecule has 0 aliphatic heterocycles. The van der Waals surface area contributed by atoms with E-state index in [2.05, 4.69) is 26.1 Å². The van der Waals surface area contributed by atoms with Crippen molar-refractivity contribution in [3.05, 3.63) is 28.8 Å². The van der Waals surface area contributed by atoms with Crippen LogP contribution in [0.25, 0.3) is 0 Å². The van der Waals surface area contributed by atoms with Gasteiger partial charge in [0.05, 0.1) is 0 Å². The Bertz CT molecular complexity index is 334. The highest BCUT2D eigenvalue weighted by atomic mass is 16.3. The molecule has 0 spiro atoms. The van der Waals surface area contributed by atoms with Crippen molar-refractivity contribution in [2.75, 3.05) is 6.54 Å². The molecule has 16 heavy (non-hydrogen) atoms. The lowest BCUT2D eigenvalue weighted by Crippen LogP contribution is -2.15. The highest BCUT2D eigenvalue weighted by molar-refractivity contribution is 5.42. The summed E-state index contributed by atoms with van der Waals surface area (Å²) in [5.41, 5.74) is 3.47. The maximum absolute atomic E-state index is 9.78. The Balaban J connectivity index is 2.50. The largest absolute Gasteiger partial charge is 0.508 e. The van der Waals surface area contributed by atoms with Gasteiger partial charge in [-0.1, -0.05) is 25.8 Å². The van der Waals surface area contributed by atoms with E-state index in [0.29, 0.717) is 5.75 Å². The third-order valence-corrected chi connectivity index (χ3v) is 3.10. The van der Waals surface area contributed by atoms with Crippen molar-refractivity contribution in [1.82, 2.24) is 5.32 Å². The van der Waals surface area contributed by atoms with Gasteiger partial charge in [0.25, 0.3) is 0 Å². The molecule has 0 fully saturated rings. The first-order valence-electron chi connectivity index (χ1n) is 6.15. The summed E-state index contributed by atoms with van der Waals surface area (Å²) in [5.74, 6) is 0.408. The van der Waals surface area contributed by atoms with Crippen LogP contribution in [0.15, 0.2) is 12.1 Å². The maximum Gasteiger partial charge on any atom is 0.120 e. The van der Waals surface area contributed by atoms with E-state index in [1.165, 1.54) is 30.4 Å². The zero-order valence-corrected chi connectivity index (χ0v) is 10.6. The number of phenolic OH excluding ortho intramolecular Hbond substituents is 1. The van der Waals surface area contributed by atoms with Gasteiger partial charge in [-0.3, -0.25) is 0 Å². The van der Waals surface area contributed by atoms with Gasteiger partial charge in [0.2, 0.25) is 0 Å². The number of aromatic hydroxyl groups is 1. The van der Waals surface area contributed by atoms with Crippen LogP contribution in [-0.4, -0.2) is 11.7 Å². The summed E-state index contributed by atoms with van der Waals surface area (Å²) >= 11 is 0. The summed E-state index contributed by atoms with van der Waals surface area (Å²) in [4.78, 5) is 0. The molecule has 0 bridgehead atoms. The highest BCUT2D eigenvalue weighted by Crippen LogP contribution is 2.23. The average Bonchev–Trinajstić information content (AvgIpc) is 2.28. The van der Waals surface area contributed by atoms with E-state index >= 15 is 0 Å². The second-order valence-corrected chi connectivity index (χ2v) is 4.39. The van der Waals surface area contributed by atoms with Crippen LogP contribution >= 0.6 is 0 Å². The molecule has 0 aliphatic rings. The van der Waals surface area contributed by atoms with Crippen LogP contribution in [0.3, 0.4) is 0 Å². The maximum atomic E-state index is 9.78. The molecule has 2 heteroatoms. The summed E-state index contributed by atoms with van der Waals surface area (Å²) in [6, 6.07) is 3.75. The molecule has 1 rings (SSSR count). The first kappa shape index (κ1) is 13.0. The Hall–Kier alpha value is -1.02. The van der Waals surface area contributed by atoms with E-state index in [0.717, 1.165) is 18.7 Å². The monoisotopic (exact) mass is 221 g/mol. The second-order valence-electron chi connectivity index (χ2n) is 4.39. The van der Waals surface area contributed by atoms with Crippen molar-refractivity contribution in [2.24, 2.45) is 0 Å². The molecule has 0 heterocycles. The zero-order chi connectivity index (χ0) is 12.0. The smallest absolute Gasteiger partial charge is 0.120 e. The summed E-state index contributed by atoms with van der Waals surface area (Å²) in [6.07, 6.45) is 3.73. The second kappa shape index (κ2) is 6.54. The lowest BCUT2D eigenvalue weighted by molar-refractivity contribution is 0.462. The summed E-state index contributed by atoms with van der Waals surface area (Å²) < 4.78 is 0. The molecule has 1 aromatic rings. The van der Waals surface area contributed by atoms with Gasteiger partial charge in [0.15, 0.2) is 0 Å². The molecule has 90 valence electrons. The fraction of sp³-hybridized carbons (Fsp3) is 0.571. The minimum Gasteiger partial charge on any atom is -0.508 e. The van der Waals surface area contributed by atoms with Crippen LogP contribution in [0.4, 0.5) is 0 Å². The van der Waals surface area contributed by atoms with Crippen LogP contribution < -0.4 is 5.32 Å². The standard InChI is InChI=1S/C14H23NO/c1-4-5-6-9-15-10-13-12(3)11(2)7-8-14(13)16/h7-8,15-16H,4-6,9-10H2,1-3H3. The van der Waals surface area contributed by atoms with E-state index in [4.69, 9.17) is 0 Å². The van der Waals surface area contributed by atoms with Crippen LogP contribution in [0, 0.1) is 13.8 Å².